The Hall–Kier alpha value is -3.95. The molecule has 1 aliphatic heterocycles. The molecule has 0 saturated heterocycles. The maximum atomic E-state index is 12.9. The molecule has 0 atom stereocenters. The number of hydrogen-bond acceptors (Lipinski definition) is 6. The third-order valence-corrected chi connectivity index (χ3v) is 4.33. The molecule has 3 aromatic rings. The van der Waals surface area contributed by atoms with Gasteiger partial charge in [0.15, 0.2) is 0 Å². The van der Waals surface area contributed by atoms with E-state index in [1.54, 1.807) is 0 Å². The zero-order chi connectivity index (χ0) is 20.9. The molecule has 0 unspecified atom stereocenters. The quantitative estimate of drug-likeness (QED) is 0.268. The molecule has 10 heteroatoms. The topological polar surface area (TPSA) is 95.7 Å². The normalized spacial score (nSPS) is 13.3. The van der Waals surface area contributed by atoms with Crippen molar-refractivity contribution < 1.29 is 37.2 Å². The fourth-order valence-corrected chi connectivity index (χ4v) is 3.04. The summed E-state index contributed by atoms with van der Waals surface area (Å²) in [6.45, 7) is 0. The number of nitrogens with zero attached hydrogens (tertiary/aromatic N) is 1. The SMILES string of the molecule is O=C1OC(=O)c2ccc(Oc3ccc(C(F)(F)F)cc3[N+](=O)[O-])c3cccc1c23. The van der Waals surface area contributed by atoms with Crippen LogP contribution in [0.2, 0.25) is 0 Å². The van der Waals surface area contributed by atoms with E-state index in [4.69, 9.17) is 4.74 Å². The van der Waals surface area contributed by atoms with Crippen LogP contribution in [0.15, 0.2) is 48.5 Å². The first-order valence-electron chi connectivity index (χ1n) is 8.02. The minimum Gasteiger partial charge on any atom is -0.449 e. The van der Waals surface area contributed by atoms with E-state index in [2.05, 4.69) is 4.74 Å². The van der Waals surface area contributed by atoms with Crippen LogP contribution in [0.1, 0.15) is 26.3 Å². The number of hydrogen-bond donors (Lipinski definition) is 0. The van der Waals surface area contributed by atoms with Gasteiger partial charge >= 0.3 is 23.8 Å². The van der Waals surface area contributed by atoms with E-state index in [0.29, 0.717) is 12.1 Å². The molecule has 0 bridgehead atoms. The van der Waals surface area contributed by atoms with Gasteiger partial charge in [0.25, 0.3) is 0 Å². The number of benzene rings is 3. The Morgan fingerprint density at radius 1 is 0.931 bits per heavy atom. The number of nitro benzene ring substituents is 1. The van der Waals surface area contributed by atoms with Crippen molar-refractivity contribution in [3.8, 4) is 11.5 Å². The number of nitro groups is 1. The van der Waals surface area contributed by atoms with Crippen molar-refractivity contribution in [2.75, 3.05) is 0 Å². The van der Waals surface area contributed by atoms with Crippen molar-refractivity contribution in [2.24, 2.45) is 0 Å². The Morgan fingerprint density at radius 2 is 1.59 bits per heavy atom. The molecule has 0 N–H and O–H groups in total. The Morgan fingerprint density at radius 3 is 2.24 bits per heavy atom. The number of rotatable bonds is 3. The van der Waals surface area contributed by atoms with Gasteiger partial charge < -0.3 is 9.47 Å². The lowest BCUT2D eigenvalue weighted by molar-refractivity contribution is -0.385. The average molecular weight is 403 g/mol. The average Bonchev–Trinajstić information content (AvgIpc) is 2.66. The number of halogens is 3. The second-order valence-corrected chi connectivity index (χ2v) is 6.06. The molecule has 3 aromatic carbocycles. The Labute approximate surface area is 159 Å². The molecule has 0 saturated carbocycles. The van der Waals surface area contributed by atoms with Crippen molar-refractivity contribution in [3.05, 3.63) is 75.3 Å². The smallest absolute Gasteiger partial charge is 0.416 e. The highest BCUT2D eigenvalue weighted by Gasteiger charge is 2.34. The van der Waals surface area contributed by atoms with Gasteiger partial charge in [-0.2, -0.15) is 13.2 Å². The van der Waals surface area contributed by atoms with Gasteiger partial charge in [0.05, 0.1) is 21.6 Å². The van der Waals surface area contributed by atoms with Gasteiger partial charge in [0.2, 0.25) is 5.75 Å². The summed E-state index contributed by atoms with van der Waals surface area (Å²) in [6, 6.07) is 8.95. The van der Waals surface area contributed by atoms with Crippen LogP contribution in [-0.2, 0) is 10.9 Å². The number of alkyl halides is 3. The highest BCUT2D eigenvalue weighted by molar-refractivity contribution is 6.21. The van der Waals surface area contributed by atoms with Gasteiger partial charge in [-0.1, -0.05) is 12.1 Å². The molecule has 7 nitrogen and oxygen atoms in total. The molecular formula is C19H8F3NO6. The number of ether oxygens (including phenoxy) is 2. The van der Waals surface area contributed by atoms with Gasteiger partial charge in [-0.15, -0.1) is 0 Å². The molecule has 29 heavy (non-hydrogen) atoms. The largest absolute Gasteiger partial charge is 0.449 e. The molecule has 0 fully saturated rings. The van der Waals surface area contributed by atoms with E-state index < -0.39 is 40.0 Å². The van der Waals surface area contributed by atoms with Crippen LogP contribution in [0.3, 0.4) is 0 Å². The number of carbonyl (C=O) groups excluding carboxylic acids is 2. The molecule has 0 aliphatic carbocycles. The van der Waals surface area contributed by atoms with Crippen LogP contribution in [-0.4, -0.2) is 16.9 Å². The summed E-state index contributed by atoms with van der Waals surface area (Å²) >= 11 is 0. The minimum atomic E-state index is -4.76. The molecule has 4 rings (SSSR count). The van der Waals surface area contributed by atoms with Crippen LogP contribution < -0.4 is 4.74 Å². The zero-order valence-electron chi connectivity index (χ0n) is 14.1. The fraction of sp³-hybridized carbons (Fsp3) is 0.0526. The summed E-state index contributed by atoms with van der Waals surface area (Å²) in [6.07, 6.45) is -4.76. The van der Waals surface area contributed by atoms with Crippen molar-refractivity contribution in [3.63, 3.8) is 0 Å². The summed E-state index contributed by atoms with van der Waals surface area (Å²) < 4.78 is 48.8. The predicted octanol–water partition coefficient (Wildman–Crippen LogP) is 4.87. The molecule has 146 valence electrons. The van der Waals surface area contributed by atoms with Gasteiger partial charge in [-0.05, 0) is 30.3 Å². The lowest BCUT2D eigenvalue weighted by Gasteiger charge is -2.17. The summed E-state index contributed by atoms with van der Waals surface area (Å²) in [5.41, 5.74) is -1.87. The van der Waals surface area contributed by atoms with Crippen LogP contribution in [0, 0.1) is 10.1 Å². The van der Waals surface area contributed by atoms with Crippen molar-refractivity contribution in [1.82, 2.24) is 0 Å². The molecule has 1 aliphatic rings. The first kappa shape index (κ1) is 18.4. The van der Waals surface area contributed by atoms with E-state index in [1.165, 1.54) is 30.3 Å². The second-order valence-electron chi connectivity index (χ2n) is 6.06. The van der Waals surface area contributed by atoms with Gasteiger partial charge in [-0.3, -0.25) is 10.1 Å². The third-order valence-electron chi connectivity index (χ3n) is 4.33. The summed E-state index contributed by atoms with van der Waals surface area (Å²) in [5, 5.41) is 11.8. The highest BCUT2D eigenvalue weighted by Crippen LogP contribution is 2.41. The third kappa shape index (κ3) is 3.04. The van der Waals surface area contributed by atoms with Gasteiger partial charge in [-0.25, -0.2) is 9.59 Å². The lowest BCUT2D eigenvalue weighted by atomic mass is 9.96. The molecule has 0 radical (unpaired) electrons. The van der Waals surface area contributed by atoms with Gasteiger partial charge in [0, 0.05) is 16.8 Å². The molecule has 1 heterocycles. The summed E-state index contributed by atoms with van der Waals surface area (Å²) in [5.74, 6) is -2.11. The predicted molar refractivity (Wildman–Crippen MR) is 91.9 cm³/mol. The Balaban J connectivity index is 1.87. The fourth-order valence-electron chi connectivity index (χ4n) is 3.04. The van der Waals surface area contributed by atoms with E-state index >= 15 is 0 Å². The summed E-state index contributed by atoms with van der Waals surface area (Å²) in [7, 11) is 0. The van der Waals surface area contributed by atoms with Crippen molar-refractivity contribution >= 4 is 28.4 Å². The monoisotopic (exact) mass is 403 g/mol. The van der Waals surface area contributed by atoms with Crippen LogP contribution in [0.25, 0.3) is 10.8 Å². The molecule has 0 aromatic heterocycles. The lowest BCUT2D eigenvalue weighted by Crippen LogP contribution is -2.19. The minimum absolute atomic E-state index is 0.0240. The summed E-state index contributed by atoms with van der Waals surface area (Å²) in [4.78, 5) is 34.2. The molecule has 0 amide bonds. The number of cyclic esters (lactones) is 2. The Bertz CT molecular complexity index is 1200. The maximum Gasteiger partial charge on any atom is 0.416 e. The van der Waals surface area contributed by atoms with E-state index in [-0.39, 0.29) is 27.6 Å². The van der Waals surface area contributed by atoms with Crippen molar-refractivity contribution in [2.45, 2.75) is 6.18 Å². The van der Waals surface area contributed by atoms with E-state index in [1.807, 2.05) is 0 Å². The molecular weight excluding hydrogens is 395 g/mol. The first-order valence-corrected chi connectivity index (χ1v) is 8.02. The highest BCUT2D eigenvalue weighted by atomic mass is 19.4. The van der Waals surface area contributed by atoms with E-state index in [9.17, 15) is 32.9 Å². The standard InChI is InChI=1S/C19H8F3NO6/c20-19(21,22)9-4-6-15(13(8-9)23(26)27)28-14-7-5-12-16-10(14)2-1-3-11(16)17(24)29-18(12)25/h1-8H. The maximum absolute atomic E-state index is 12.9. The zero-order valence-corrected chi connectivity index (χ0v) is 14.1. The number of carbonyl (C=O) groups is 2. The Kier molecular flexibility index (Phi) is 4.00. The van der Waals surface area contributed by atoms with Crippen LogP contribution in [0.4, 0.5) is 18.9 Å². The first-order chi connectivity index (χ1) is 13.7. The second kappa shape index (κ2) is 6.30. The van der Waals surface area contributed by atoms with E-state index in [0.717, 1.165) is 6.07 Å². The van der Waals surface area contributed by atoms with Crippen LogP contribution in [0.5, 0.6) is 11.5 Å². The van der Waals surface area contributed by atoms with Crippen molar-refractivity contribution in [1.29, 1.82) is 0 Å². The molecule has 0 spiro atoms. The van der Waals surface area contributed by atoms with Crippen LogP contribution >= 0.6 is 0 Å². The number of esters is 2. The van der Waals surface area contributed by atoms with Gasteiger partial charge in [0.1, 0.15) is 5.75 Å².